The Labute approximate surface area is 210 Å². The smallest absolute Gasteiger partial charge is 0.243 e. The molecule has 1 heterocycles. The second kappa shape index (κ2) is 10.4. The van der Waals surface area contributed by atoms with Gasteiger partial charge in [0.1, 0.15) is 0 Å². The van der Waals surface area contributed by atoms with E-state index in [1.165, 1.54) is 22.5 Å². The Morgan fingerprint density at radius 2 is 1.47 bits per heavy atom. The van der Waals surface area contributed by atoms with Crippen LogP contribution in [0.1, 0.15) is 11.1 Å². The molecule has 3 aromatic rings. The maximum Gasteiger partial charge on any atom is 0.243 e. The van der Waals surface area contributed by atoms with Crippen molar-refractivity contribution in [3.05, 3.63) is 100 Å². The number of halogens is 2. The highest BCUT2D eigenvalue weighted by Gasteiger charge is 2.45. The van der Waals surface area contributed by atoms with Gasteiger partial charge in [0.2, 0.25) is 10.0 Å². The summed E-state index contributed by atoms with van der Waals surface area (Å²) in [4.78, 5) is -0.0380. The van der Waals surface area contributed by atoms with Crippen molar-refractivity contribution >= 4 is 43.1 Å². The summed E-state index contributed by atoms with van der Waals surface area (Å²) in [6.07, 6.45) is 0. The first-order valence-electron chi connectivity index (χ1n) is 10.6. The van der Waals surface area contributed by atoms with Gasteiger partial charge in [-0.1, -0.05) is 83.9 Å². The first-order valence-corrected chi connectivity index (χ1v) is 14.7. The number of hydrogen-bond donors (Lipinski definition) is 1. The second-order valence-electron chi connectivity index (χ2n) is 8.23. The average Bonchev–Trinajstić information content (AvgIpc) is 3.13. The molecule has 4 rings (SSSR count). The lowest BCUT2D eigenvalue weighted by molar-refractivity contribution is 0.286. The highest BCUT2D eigenvalue weighted by atomic mass is 35.5. The van der Waals surface area contributed by atoms with Crippen LogP contribution in [0.25, 0.3) is 0 Å². The molecule has 10 heteroatoms. The Bertz CT molecular complexity index is 1350. The molecule has 2 atom stereocenters. The van der Waals surface area contributed by atoms with E-state index in [1.807, 2.05) is 60.7 Å². The van der Waals surface area contributed by atoms with E-state index in [4.69, 9.17) is 23.2 Å². The second-order valence-corrected chi connectivity index (χ2v) is 13.1. The summed E-state index contributed by atoms with van der Waals surface area (Å²) < 4.78 is 54.3. The maximum absolute atomic E-state index is 13.8. The molecule has 1 aliphatic rings. The minimum atomic E-state index is -4.10. The molecular weight excluding hydrogens is 515 g/mol. The molecule has 1 aliphatic heterocycles. The van der Waals surface area contributed by atoms with E-state index in [2.05, 4.69) is 5.32 Å². The number of nitrogens with one attached hydrogen (secondary N) is 1. The lowest BCUT2D eigenvalue weighted by Gasteiger charge is -2.32. The average molecular weight is 540 g/mol. The molecule has 3 aromatic carbocycles. The highest BCUT2D eigenvalue weighted by molar-refractivity contribution is 7.92. The molecule has 0 unspecified atom stereocenters. The standard InChI is InChI=1S/C24H24Cl2N2O4S2/c25-21-12-11-20(13-22(21)26)34(31,32)28(15-19-9-5-2-6-10-19)24-17-33(29,30)16-23(24)27-14-18-7-3-1-4-8-18/h1-13,23-24,27H,14-17H2/t23-,24-/m1/s1. The molecule has 1 saturated heterocycles. The van der Waals surface area contributed by atoms with Crippen molar-refractivity contribution in [3.63, 3.8) is 0 Å². The summed E-state index contributed by atoms with van der Waals surface area (Å²) in [6.45, 7) is 0.441. The van der Waals surface area contributed by atoms with Crippen molar-refractivity contribution in [2.45, 2.75) is 30.1 Å². The third kappa shape index (κ3) is 5.82. The molecule has 0 aliphatic carbocycles. The predicted octanol–water partition coefficient (Wildman–Crippen LogP) is 4.14. The first kappa shape index (κ1) is 25.2. The third-order valence-electron chi connectivity index (χ3n) is 5.78. The zero-order chi connectivity index (χ0) is 24.3. The minimum absolute atomic E-state index is 0.0210. The zero-order valence-corrected chi connectivity index (χ0v) is 21.3. The molecule has 0 bridgehead atoms. The van der Waals surface area contributed by atoms with Gasteiger partial charge in [-0.3, -0.25) is 0 Å². The fourth-order valence-corrected chi connectivity index (χ4v) is 8.16. The summed E-state index contributed by atoms with van der Waals surface area (Å²) >= 11 is 12.1. The van der Waals surface area contributed by atoms with E-state index < -0.39 is 31.9 Å². The number of sulfonamides is 1. The van der Waals surface area contributed by atoms with Crippen LogP contribution < -0.4 is 5.32 Å². The summed E-state index contributed by atoms with van der Waals surface area (Å²) in [5.41, 5.74) is 1.73. The minimum Gasteiger partial charge on any atom is -0.307 e. The summed E-state index contributed by atoms with van der Waals surface area (Å²) in [6, 6.07) is 21.4. The van der Waals surface area contributed by atoms with Crippen LogP contribution in [0.5, 0.6) is 0 Å². The molecule has 0 radical (unpaired) electrons. The number of nitrogens with zero attached hydrogens (tertiary/aromatic N) is 1. The van der Waals surface area contributed by atoms with Gasteiger partial charge in [0.05, 0.1) is 32.5 Å². The fourth-order valence-electron chi connectivity index (χ4n) is 4.07. The molecule has 0 spiro atoms. The van der Waals surface area contributed by atoms with Crippen LogP contribution >= 0.6 is 23.2 Å². The van der Waals surface area contributed by atoms with Gasteiger partial charge >= 0.3 is 0 Å². The molecule has 6 nitrogen and oxygen atoms in total. The molecule has 0 aromatic heterocycles. The van der Waals surface area contributed by atoms with Crippen LogP contribution in [-0.4, -0.2) is 44.7 Å². The van der Waals surface area contributed by atoms with Gasteiger partial charge in [0.25, 0.3) is 0 Å². The largest absolute Gasteiger partial charge is 0.307 e. The van der Waals surface area contributed by atoms with Crippen LogP contribution in [0.15, 0.2) is 83.8 Å². The monoisotopic (exact) mass is 538 g/mol. The van der Waals surface area contributed by atoms with Gasteiger partial charge in [-0.05, 0) is 29.3 Å². The molecule has 0 saturated carbocycles. The molecule has 180 valence electrons. The lowest BCUT2D eigenvalue weighted by atomic mass is 10.1. The van der Waals surface area contributed by atoms with E-state index in [0.29, 0.717) is 6.54 Å². The van der Waals surface area contributed by atoms with E-state index >= 15 is 0 Å². The Hall–Kier alpha value is -1.94. The SMILES string of the molecule is O=S1(=O)C[C@@H](N(Cc2ccccc2)S(=O)(=O)c2ccc(Cl)c(Cl)c2)[C@H](NCc2ccccc2)C1. The van der Waals surface area contributed by atoms with Crippen LogP contribution in [-0.2, 0) is 33.0 Å². The molecule has 34 heavy (non-hydrogen) atoms. The van der Waals surface area contributed by atoms with Crippen LogP contribution in [0.2, 0.25) is 10.0 Å². The number of hydrogen-bond acceptors (Lipinski definition) is 5. The summed E-state index contributed by atoms with van der Waals surface area (Å²) in [5, 5.41) is 3.63. The lowest BCUT2D eigenvalue weighted by Crippen LogP contribution is -2.51. The van der Waals surface area contributed by atoms with Crippen molar-refractivity contribution in [1.29, 1.82) is 0 Å². The fraction of sp³-hybridized carbons (Fsp3) is 0.250. The van der Waals surface area contributed by atoms with Crippen molar-refractivity contribution in [3.8, 4) is 0 Å². The number of benzene rings is 3. The quantitative estimate of drug-likeness (QED) is 0.465. The normalized spacial score (nSPS) is 20.0. The molecule has 1 N–H and O–H groups in total. The summed E-state index contributed by atoms with van der Waals surface area (Å²) in [7, 11) is -7.56. The molecular formula is C24H24Cl2N2O4S2. The van der Waals surface area contributed by atoms with Crippen molar-refractivity contribution in [2.75, 3.05) is 11.5 Å². The number of sulfone groups is 1. The summed E-state index contributed by atoms with van der Waals surface area (Å²) in [5.74, 6) is -0.417. The highest BCUT2D eigenvalue weighted by Crippen LogP contribution is 2.31. The van der Waals surface area contributed by atoms with E-state index in [-0.39, 0.29) is 33.0 Å². The Morgan fingerprint density at radius 3 is 2.09 bits per heavy atom. The topological polar surface area (TPSA) is 83.6 Å². The first-order chi connectivity index (χ1) is 16.2. The van der Waals surface area contributed by atoms with Crippen LogP contribution in [0.3, 0.4) is 0 Å². The van der Waals surface area contributed by atoms with Crippen LogP contribution in [0.4, 0.5) is 0 Å². The Kier molecular flexibility index (Phi) is 7.66. The number of rotatable bonds is 8. The van der Waals surface area contributed by atoms with Crippen LogP contribution in [0, 0.1) is 0 Å². The van der Waals surface area contributed by atoms with Gasteiger partial charge in [0, 0.05) is 19.1 Å². The Morgan fingerprint density at radius 1 is 0.853 bits per heavy atom. The van der Waals surface area contributed by atoms with E-state index in [0.717, 1.165) is 11.1 Å². The predicted molar refractivity (Wildman–Crippen MR) is 135 cm³/mol. The van der Waals surface area contributed by atoms with Crippen molar-refractivity contribution in [1.82, 2.24) is 9.62 Å². The molecule has 0 amide bonds. The maximum atomic E-state index is 13.8. The molecule has 1 fully saturated rings. The third-order valence-corrected chi connectivity index (χ3v) is 10.1. The van der Waals surface area contributed by atoms with Gasteiger partial charge < -0.3 is 5.32 Å². The van der Waals surface area contributed by atoms with E-state index in [9.17, 15) is 16.8 Å². The van der Waals surface area contributed by atoms with Gasteiger partial charge in [-0.15, -0.1) is 0 Å². The van der Waals surface area contributed by atoms with Gasteiger partial charge in [-0.2, -0.15) is 4.31 Å². The van der Waals surface area contributed by atoms with Crippen molar-refractivity contribution in [2.24, 2.45) is 0 Å². The van der Waals surface area contributed by atoms with E-state index in [1.54, 1.807) is 0 Å². The Balaban J connectivity index is 1.72. The van der Waals surface area contributed by atoms with Gasteiger partial charge in [0.15, 0.2) is 9.84 Å². The zero-order valence-electron chi connectivity index (χ0n) is 18.1. The van der Waals surface area contributed by atoms with Crippen molar-refractivity contribution < 1.29 is 16.8 Å². The van der Waals surface area contributed by atoms with Gasteiger partial charge in [-0.25, -0.2) is 16.8 Å².